The van der Waals surface area contributed by atoms with E-state index >= 15 is 0 Å². The van der Waals surface area contributed by atoms with Crippen molar-refractivity contribution in [3.8, 4) is 5.75 Å². The van der Waals surface area contributed by atoms with E-state index in [1.807, 2.05) is 11.8 Å². The summed E-state index contributed by atoms with van der Waals surface area (Å²) in [6.45, 7) is 0.764. The highest BCUT2D eigenvalue weighted by Gasteiger charge is 2.32. The number of hydrogen-bond donors (Lipinski definition) is 1. The molecule has 1 amide bonds. The van der Waals surface area contributed by atoms with E-state index in [1.165, 1.54) is 4.31 Å². The molecule has 144 valence electrons. The first-order valence-electron chi connectivity index (χ1n) is 9.03. The van der Waals surface area contributed by atoms with Crippen LogP contribution in [0, 0.1) is 5.92 Å². The molecule has 1 N–H and O–H groups in total. The highest BCUT2D eigenvalue weighted by molar-refractivity contribution is 7.99. The normalized spacial score (nSPS) is 20.7. The summed E-state index contributed by atoms with van der Waals surface area (Å²) in [5.74, 6) is 2.82. The van der Waals surface area contributed by atoms with Gasteiger partial charge in [-0.05, 0) is 61.5 Å². The van der Waals surface area contributed by atoms with E-state index in [9.17, 15) is 13.2 Å². The van der Waals surface area contributed by atoms with Gasteiger partial charge in [0.25, 0.3) is 0 Å². The van der Waals surface area contributed by atoms with Gasteiger partial charge in [-0.1, -0.05) is 0 Å². The van der Waals surface area contributed by atoms with Crippen molar-refractivity contribution in [2.75, 3.05) is 31.7 Å². The number of rotatable bonds is 5. The first-order chi connectivity index (χ1) is 12.5. The molecule has 0 saturated carbocycles. The van der Waals surface area contributed by atoms with Crippen LogP contribution >= 0.6 is 11.8 Å². The number of carbonyl (C=O) groups excluding carboxylic acids is 1. The van der Waals surface area contributed by atoms with Crippen LogP contribution in [0.4, 0.5) is 0 Å². The average Bonchev–Trinajstić information content (AvgIpc) is 2.69. The molecule has 2 heterocycles. The van der Waals surface area contributed by atoms with Crippen LogP contribution in [0.3, 0.4) is 0 Å². The van der Waals surface area contributed by atoms with Crippen molar-refractivity contribution in [1.82, 2.24) is 9.62 Å². The summed E-state index contributed by atoms with van der Waals surface area (Å²) < 4.78 is 32.1. The number of sulfonamides is 1. The maximum atomic E-state index is 12.8. The number of thioether (sulfide) groups is 1. The SMILES string of the molecule is COc1ccc(S(=O)(=O)N2CCC(C(=O)NC3CCSCC3)CC2)cc1. The van der Waals surface area contributed by atoms with Crippen LogP contribution in [-0.2, 0) is 14.8 Å². The minimum atomic E-state index is -3.52. The molecule has 0 atom stereocenters. The van der Waals surface area contributed by atoms with Crippen molar-refractivity contribution in [2.45, 2.75) is 36.6 Å². The highest BCUT2D eigenvalue weighted by atomic mass is 32.2. The van der Waals surface area contributed by atoms with Gasteiger partial charge in [-0.3, -0.25) is 4.79 Å². The number of carbonyl (C=O) groups is 1. The third-order valence-electron chi connectivity index (χ3n) is 5.09. The number of amides is 1. The summed E-state index contributed by atoms with van der Waals surface area (Å²) in [7, 11) is -1.97. The van der Waals surface area contributed by atoms with Gasteiger partial charge in [-0.25, -0.2) is 8.42 Å². The van der Waals surface area contributed by atoms with Gasteiger partial charge in [0.15, 0.2) is 0 Å². The second kappa shape index (κ2) is 8.63. The van der Waals surface area contributed by atoms with Crippen molar-refractivity contribution in [3.63, 3.8) is 0 Å². The fraction of sp³-hybridized carbons (Fsp3) is 0.611. The number of ether oxygens (including phenoxy) is 1. The smallest absolute Gasteiger partial charge is 0.243 e. The summed E-state index contributed by atoms with van der Waals surface area (Å²) in [5.41, 5.74) is 0. The monoisotopic (exact) mass is 398 g/mol. The zero-order valence-electron chi connectivity index (χ0n) is 15.0. The van der Waals surface area contributed by atoms with Gasteiger partial charge >= 0.3 is 0 Å². The molecule has 0 spiro atoms. The molecule has 2 fully saturated rings. The minimum absolute atomic E-state index is 0.0865. The molecule has 0 bridgehead atoms. The third-order valence-corrected chi connectivity index (χ3v) is 8.05. The molecule has 26 heavy (non-hydrogen) atoms. The molecule has 2 aliphatic rings. The maximum absolute atomic E-state index is 12.8. The predicted octanol–water partition coefficient (Wildman–Crippen LogP) is 2.11. The molecular formula is C18H26N2O4S2. The Bertz CT molecular complexity index is 707. The van der Waals surface area contributed by atoms with E-state index < -0.39 is 10.0 Å². The number of hydrogen-bond acceptors (Lipinski definition) is 5. The molecule has 2 aliphatic heterocycles. The molecule has 1 aromatic carbocycles. The summed E-state index contributed by atoms with van der Waals surface area (Å²) in [4.78, 5) is 12.7. The van der Waals surface area contributed by atoms with Crippen LogP contribution in [0.25, 0.3) is 0 Å². The first kappa shape index (κ1) is 19.5. The van der Waals surface area contributed by atoms with Crippen LogP contribution in [0.5, 0.6) is 5.75 Å². The number of methoxy groups -OCH3 is 1. The maximum Gasteiger partial charge on any atom is 0.243 e. The lowest BCUT2D eigenvalue weighted by Crippen LogP contribution is -2.46. The molecule has 0 aliphatic carbocycles. The van der Waals surface area contributed by atoms with Crippen LogP contribution in [0.15, 0.2) is 29.2 Å². The molecule has 6 nitrogen and oxygen atoms in total. The van der Waals surface area contributed by atoms with E-state index in [0.717, 1.165) is 24.3 Å². The summed E-state index contributed by atoms with van der Waals surface area (Å²) >= 11 is 1.93. The Morgan fingerprint density at radius 2 is 1.73 bits per heavy atom. The second-order valence-corrected chi connectivity index (χ2v) is 9.91. The van der Waals surface area contributed by atoms with Crippen LogP contribution < -0.4 is 10.1 Å². The Morgan fingerprint density at radius 3 is 2.31 bits per heavy atom. The topological polar surface area (TPSA) is 75.7 Å². The number of nitrogens with one attached hydrogen (secondary N) is 1. The van der Waals surface area contributed by atoms with Crippen molar-refractivity contribution < 1.29 is 17.9 Å². The first-order valence-corrected chi connectivity index (χ1v) is 11.6. The lowest BCUT2D eigenvalue weighted by atomic mass is 9.96. The molecule has 1 aromatic rings. The summed E-state index contributed by atoms with van der Waals surface area (Å²) in [5, 5.41) is 3.15. The Morgan fingerprint density at radius 1 is 1.12 bits per heavy atom. The van der Waals surface area contributed by atoms with E-state index in [-0.39, 0.29) is 22.8 Å². The fourth-order valence-electron chi connectivity index (χ4n) is 3.42. The van der Waals surface area contributed by atoms with Gasteiger partial charge in [-0.2, -0.15) is 16.1 Å². The zero-order valence-corrected chi connectivity index (χ0v) is 16.7. The van der Waals surface area contributed by atoms with Crippen molar-refractivity contribution >= 4 is 27.7 Å². The highest BCUT2D eigenvalue weighted by Crippen LogP contribution is 2.26. The van der Waals surface area contributed by atoms with E-state index in [0.29, 0.717) is 31.7 Å². The van der Waals surface area contributed by atoms with Crippen molar-refractivity contribution in [3.05, 3.63) is 24.3 Å². The van der Waals surface area contributed by atoms with E-state index in [1.54, 1.807) is 31.4 Å². The van der Waals surface area contributed by atoms with E-state index in [2.05, 4.69) is 5.32 Å². The van der Waals surface area contributed by atoms with Crippen LogP contribution in [0.1, 0.15) is 25.7 Å². The van der Waals surface area contributed by atoms with Gasteiger partial charge in [0, 0.05) is 25.0 Å². The molecule has 3 rings (SSSR count). The summed E-state index contributed by atoms with van der Waals surface area (Å²) in [6.07, 6.45) is 3.20. The quantitative estimate of drug-likeness (QED) is 0.822. The molecule has 0 aromatic heterocycles. The molecule has 8 heteroatoms. The Labute approximate surface area is 159 Å². The van der Waals surface area contributed by atoms with E-state index in [4.69, 9.17) is 4.74 Å². The Hall–Kier alpha value is -1.25. The number of nitrogens with zero attached hydrogens (tertiary/aromatic N) is 1. The fourth-order valence-corrected chi connectivity index (χ4v) is 5.99. The number of benzene rings is 1. The molecule has 0 unspecified atom stereocenters. The predicted molar refractivity (Wildman–Crippen MR) is 103 cm³/mol. The third kappa shape index (κ3) is 4.53. The lowest BCUT2D eigenvalue weighted by molar-refractivity contribution is -0.126. The van der Waals surface area contributed by atoms with Crippen LogP contribution in [-0.4, -0.2) is 56.4 Å². The zero-order chi connectivity index (χ0) is 18.6. The van der Waals surface area contributed by atoms with Gasteiger partial charge in [0.05, 0.1) is 12.0 Å². The van der Waals surface area contributed by atoms with Gasteiger partial charge < -0.3 is 10.1 Å². The molecular weight excluding hydrogens is 372 g/mol. The molecule has 0 radical (unpaired) electrons. The molecule has 2 saturated heterocycles. The Kier molecular flexibility index (Phi) is 6.47. The van der Waals surface area contributed by atoms with Gasteiger partial charge in [0.1, 0.15) is 5.75 Å². The minimum Gasteiger partial charge on any atom is -0.497 e. The average molecular weight is 399 g/mol. The largest absolute Gasteiger partial charge is 0.497 e. The van der Waals surface area contributed by atoms with Gasteiger partial charge in [-0.15, -0.1) is 0 Å². The summed E-state index contributed by atoms with van der Waals surface area (Å²) in [6, 6.07) is 6.71. The number of piperidine rings is 1. The van der Waals surface area contributed by atoms with Crippen molar-refractivity contribution in [2.24, 2.45) is 5.92 Å². The van der Waals surface area contributed by atoms with Crippen LogP contribution in [0.2, 0.25) is 0 Å². The second-order valence-electron chi connectivity index (χ2n) is 6.75. The van der Waals surface area contributed by atoms with Gasteiger partial charge in [0.2, 0.25) is 15.9 Å². The standard InChI is InChI=1S/C18H26N2O4S2/c1-24-16-2-4-17(5-3-16)26(22,23)20-10-6-14(7-11-20)18(21)19-15-8-12-25-13-9-15/h2-5,14-15H,6-13H2,1H3,(H,19,21). The van der Waals surface area contributed by atoms with Crippen molar-refractivity contribution in [1.29, 1.82) is 0 Å². The lowest BCUT2D eigenvalue weighted by Gasteiger charge is -2.32. The Balaban J connectivity index is 1.55.